The number of hydrogen-bond acceptors (Lipinski definition) is 5. The number of rotatable bonds is 0. The molecular weight excluding hydrogens is 170 g/mol. The summed E-state index contributed by atoms with van der Waals surface area (Å²) in [5.74, 6) is 0. The van der Waals surface area contributed by atoms with Gasteiger partial charge in [0.1, 0.15) is 0 Å². The van der Waals surface area contributed by atoms with Crippen LogP contribution in [0.15, 0.2) is 0 Å². The van der Waals surface area contributed by atoms with Gasteiger partial charge >= 0.3 is 103 Å². The van der Waals surface area contributed by atoms with E-state index in [-0.39, 0.29) is 103 Å². The molecule has 0 heterocycles. The first-order valence-electron chi connectivity index (χ1n) is 0.812. The standard InChI is InChI=1S/CH2O3.2K.H2O2/c2-1(3)4;;;1-2/h(H2,2,3,4);;;1-2H/q;2*+1;/p-2. The minimum absolute atomic E-state index is 0. The van der Waals surface area contributed by atoms with Crippen LogP contribution in [0.2, 0.25) is 0 Å². The van der Waals surface area contributed by atoms with Crippen molar-refractivity contribution in [2.75, 3.05) is 0 Å². The van der Waals surface area contributed by atoms with Crippen LogP contribution in [0.25, 0.3) is 0 Å². The van der Waals surface area contributed by atoms with Gasteiger partial charge in [-0.2, -0.15) is 0 Å². The summed E-state index contributed by atoms with van der Waals surface area (Å²) in [4.78, 5) is 8.33. The smallest absolute Gasteiger partial charge is 0.652 e. The number of carbonyl (C=O) groups is 1. The van der Waals surface area contributed by atoms with Crippen molar-refractivity contribution in [1.29, 1.82) is 0 Å². The average Bonchev–Trinajstić information content (AvgIpc) is 1.41. The van der Waals surface area contributed by atoms with Gasteiger partial charge in [-0.05, 0) is 6.16 Å². The molecule has 0 aliphatic carbocycles. The first-order chi connectivity index (χ1) is 2.73. The third-order valence-corrected chi connectivity index (χ3v) is 0. The minimum atomic E-state index is -2.33. The Morgan fingerprint density at radius 1 is 1.12 bits per heavy atom. The van der Waals surface area contributed by atoms with Gasteiger partial charge in [0.2, 0.25) is 0 Å². The van der Waals surface area contributed by atoms with E-state index in [1.54, 1.807) is 0 Å². The molecule has 0 unspecified atom stereocenters. The first-order valence-corrected chi connectivity index (χ1v) is 0.812. The van der Waals surface area contributed by atoms with Gasteiger partial charge in [0.05, 0.1) is 0 Å². The number of hydrogen-bond donors (Lipinski definition) is 2. The molecule has 8 heavy (non-hydrogen) atoms. The molecule has 0 saturated heterocycles. The van der Waals surface area contributed by atoms with Gasteiger partial charge < -0.3 is 15.0 Å². The zero-order chi connectivity index (χ0) is 5.58. The Balaban J connectivity index is -0.0000000183. The molecule has 0 bridgehead atoms. The maximum Gasteiger partial charge on any atom is 1.00 e. The quantitative estimate of drug-likeness (QED) is 0.214. The van der Waals surface area contributed by atoms with Crippen molar-refractivity contribution in [3.8, 4) is 0 Å². The third-order valence-electron chi connectivity index (χ3n) is 0. The molecule has 38 valence electrons. The van der Waals surface area contributed by atoms with E-state index < -0.39 is 6.16 Å². The van der Waals surface area contributed by atoms with Gasteiger partial charge in [-0.15, -0.1) is 0 Å². The molecule has 0 saturated carbocycles. The summed E-state index contributed by atoms with van der Waals surface area (Å²) in [5.41, 5.74) is 0. The Morgan fingerprint density at radius 3 is 1.12 bits per heavy atom. The number of carbonyl (C=O) groups excluding carboxylic acids is 1. The molecule has 0 aromatic heterocycles. The molecule has 0 aromatic carbocycles. The summed E-state index contributed by atoms with van der Waals surface area (Å²) in [6.45, 7) is 0. The van der Waals surface area contributed by atoms with Gasteiger partial charge in [0, 0.05) is 0 Å². The molecule has 0 aliphatic rings. The van der Waals surface area contributed by atoms with Crippen LogP contribution in [0, 0.1) is 0 Å². The molecule has 5 nitrogen and oxygen atoms in total. The topological polar surface area (TPSA) is 104 Å². The molecule has 7 heteroatoms. The van der Waals surface area contributed by atoms with Crippen molar-refractivity contribution in [3.05, 3.63) is 0 Å². The average molecular weight is 172 g/mol. The third kappa shape index (κ3) is 77.7. The number of carboxylic acid groups (broad SMARTS) is 2. The first kappa shape index (κ1) is 22.4. The van der Waals surface area contributed by atoms with Gasteiger partial charge in [-0.1, -0.05) is 0 Å². The molecule has 0 fully saturated rings. The van der Waals surface area contributed by atoms with E-state index >= 15 is 0 Å². The van der Waals surface area contributed by atoms with Crippen LogP contribution in [0.4, 0.5) is 4.79 Å². The fraction of sp³-hybridized carbons (Fsp3) is 0. The Bertz CT molecular complexity index is 33.4. The minimum Gasteiger partial charge on any atom is -0.652 e. The molecular formula is CH2K2O5. The fourth-order valence-corrected chi connectivity index (χ4v) is 0. The van der Waals surface area contributed by atoms with Crippen LogP contribution in [-0.4, -0.2) is 16.7 Å². The van der Waals surface area contributed by atoms with Crippen molar-refractivity contribution < 1.29 is 128 Å². The second-order valence-electron chi connectivity index (χ2n) is 0.250. The van der Waals surface area contributed by atoms with Gasteiger partial charge in [-0.3, -0.25) is 10.5 Å². The Hall–Kier alpha value is 2.46. The summed E-state index contributed by atoms with van der Waals surface area (Å²) in [6.07, 6.45) is -2.33. The van der Waals surface area contributed by atoms with Crippen LogP contribution in [-0.2, 0) is 0 Å². The maximum atomic E-state index is 8.33. The van der Waals surface area contributed by atoms with E-state index in [1.807, 2.05) is 0 Å². The van der Waals surface area contributed by atoms with Crippen molar-refractivity contribution >= 4 is 6.16 Å². The van der Waals surface area contributed by atoms with Crippen LogP contribution in [0.3, 0.4) is 0 Å². The molecule has 0 spiro atoms. The van der Waals surface area contributed by atoms with Crippen LogP contribution < -0.4 is 113 Å². The molecule has 0 amide bonds. The van der Waals surface area contributed by atoms with E-state index in [0.29, 0.717) is 0 Å². The summed E-state index contributed by atoms with van der Waals surface area (Å²) in [7, 11) is 0. The van der Waals surface area contributed by atoms with Gasteiger partial charge in [0.25, 0.3) is 0 Å². The zero-order valence-electron chi connectivity index (χ0n) is 4.62. The Morgan fingerprint density at radius 2 is 1.12 bits per heavy atom. The van der Waals surface area contributed by atoms with E-state index in [9.17, 15) is 0 Å². The van der Waals surface area contributed by atoms with Crippen molar-refractivity contribution in [2.45, 2.75) is 0 Å². The Labute approximate surface area is 131 Å². The SMILES string of the molecule is O=C([O-])[O-].OO.[K+].[K+]. The molecule has 0 rings (SSSR count). The predicted octanol–water partition coefficient (Wildman–Crippen LogP) is -8.42. The van der Waals surface area contributed by atoms with Crippen LogP contribution >= 0.6 is 0 Å². The van der Waals surface area contributed by atoms with E-state index in [1.165, 1.54) is 0 Å². The maximum absolute atomic E-state index is 8.33. The molecule has 0 radical (unpaired) electrons. The zero-order valence-corrected chi connectivity index (χ0v) is 10.9. The molecule has 0 aliphatic heterocycles. The predicted molar refractivity (Wildman–Crippen MR) is 10.7 cm³/mol. The second-order valence-corrected chi connectivity index (χ2v) is 0.250. The fourth-order valence-electron chi connectivity index (χ4n) is 0. The Kier molecular flexibility index (Phi) is 63.7. The molecule has 2 N–H and O–H groups in total. The molecule has 0 aromatic rings. The van der Waals surface area contributed by atoms with Crippen LogP contribution in [0.1, 0.15) is 0 Å². The largest absolute Gasteiger partial charge is 1.00 e. The summed E-state index contributed by atoms with van der Waals surface area (Å²) in [5, 5.41) is 28.7. The van der Waals surface area contributed by atoms with Gasteiger partial charge in [-0.25, -0.2) is 0 Å². The monoisotopic (exact) mass is 172 g/mol. The van der Waals surface area contributed by atoms with E-state index in [0.717, 1.165) is 0 Å². The van der Waals surface area contributed by atoms with Crippen molar-refractivity contribution in [1.82, 2.24) is 0 Å². The molecule has 0 atom stereocenters. The van der Waals surface area contributed by atoms with Crippen molar-refractivity contribution in [2.24, 2.45) is 0 Å². The summed E-state index contributed by atoms with van der Waals surface area (Å²) in [6, 6.07) is 0. The van der Waals surface area contributed by atoms with E-state index in [2.05, 4.69) is 0 Å². The summed E-state index contributed by atoms with van der Waals surface area (Å²) < 4.78 is 0. The van der Waals surface area contributed by atoms with Crippen LogP contribution in [0.5, 0.6) is 0 Å². The summed E-state index contributed by atoms with van der Waals surface area (Å²) >= 11 is 0. The second kappa shape index (κ2) is 22.7. The van der Waals surface area contributed by atoms with E-state index in [4.69, 9.17) is 25.5 Å². The van der Waals surface area contributed by atoms with Crippen molar-refractivity contribution in [3.63, 3.8) is 0 Å². The van der Waals surface area contributed by atoms with Gasteiger partial charge in [0.15, 0.2) is 0 Å². The normalized spacial score (nSPS) is 3.75.